The number of carbonyl (C=O) groups is 3. The summed E-state index contributed by atoms with van der Waals surface area (Å²) in [7, 11) is 0. The summed E-state index contributed by atoms with van der Waals surface area (Å²) >= 11 is 0. The molecule has 0 rings (SSSR count). The number of nitrogens with one attached hydrogen (secondary N) is 1. The van der Waals surface area contributed by atoms with Crippen molar-refractivity contribution in [2.45, 2.75) is 18.9 Å². The van der Waals surface area contributed by atoms with E-state index in [-0.39, 0.29) is 6.42 Å². The van der Waals surface area contributed by atoms with Crippen LogP contribution in [-0.2, 0) is 14.4 Å². The summed E-state index contributed by atoms with van der Waals surface area (Å²) in [5.74, 6) is -0.712. The Hall–Kier alpha value is -2.03. The molecule has 4 N–H and O–H groups in total. The van der Waals surface area contributed by atoms with Gasteiger partial charge in [-0.1, -0.05) is 5.92 Å². The summed E-state index contributed by atoms with van der Waals surface area (Å²) in [6, 6.07) is -1.31. The fourth-order valence-corrected chi connectivity index (χ4v) is 0.739. The van der Waals surface area contributed by atoms with Crippen molar-refractivity contribution in [2.24, 2.45) is 5.73 Å². The molecule has 0 aliphatic carbocycles. The van der Waals surface area contributed by atoms with Crippen LogP contribution in [0.3, 0.4) is 0 Å². The first kappa shape index (κ1) is 12.0. The molecule has 0 bridgehead atoms. The summed E-state index contributed by atoms with van der Waals surface area (Å²) in [6.45, 7) is 0. The molecule has 0 aromatic heterocycles. The van der Waals surface area contributed by atoms with Gasteiger partial charge in [0.05, 0.1) is 12.8 Å². The summed E-state index contributed by atoms with van der Waals surface area (Å²) in [4.78, 5) is 31.8. The first-order valence-electron chi connectivity index (χ1n) is 3.71. The number of hydrogen-bond acceptors (Lipinski definition) is 3. The minimum atomic E-state index is -1.32. The zero-order chi connectivity index (χ0) is 11.1. The van der Waals surface area contributed by atoms with Gasteiger partial charge in [-0.3, -0.25) is 9.59 Å². The summed E-state index contributed by atoms with van der Waals surface area (Å²) < 4.78 is 0. The van der Waals surface area contributed by atoms with Gasteiger partial charge in [0.1, 0.15) is 6.04 Å². The van der Waals surface area contributed by atoms with Gasteiger partial charge in [0.15, 0.2) is 0 Å². The largest absolute Gasteiger partial charge is 0.480 e. The van der Waals surface area contributed by atoms with Gasteiger partial charge in [-0.05, 0) is 0 Å². The molecule has 0 aliphatic rings. The number of carbonyl (C=O) groups excluding carboxylic acids is 2. The number of amides is 2. The van der Waals surface area contributed by atoms with E-state index in [2.05, 4.69) is 5.32 Å². The molecule has 14 heavy (non-hydrogen) atoms. The minimum absolute atomic E-state index is 0.234. The molecular weight excluding hydrogens is 188 g/mol. The van der Waals surface area contributed by atoms with Crippen LogP contribution < -0.4 is 11.1 Å². The molecule has 0 aromatic carbocycles. The molecule has 6 nitrogen and oxygen atoms in total. The first-order chi connectivity index (χ1) is 6.47. The molecule has 0 radical (unpaired) electrons. The number of terminal acetylenes is 1. The van der Waals surface area contributed by atoms with E-state index in [0.29, 0.717) is 0 Å². The number of aliphatic carboxylic acids is 1. The van der Waals surface area contributed by atoms with Crippen LogP contribution in [0.1, 0.15) is 12.8 Å². The maximum atomic E-state index is 10.9. The number of primary amides is 1. The molecule has 2 amide bonds. The predicted octanol–water partition coefficient (Wildman–Crippen LogP) is -1.55. The molecule has 0 fully saturated rings. The number of hydrogen-bond donors (Lipinski definition) is 3. The van der Waals surface area contributed by atoms with E-state index in [4.69, 9.17) is 17.3 Å². The third-order valence-corrected chi connectivity index (χ3v) is 1.30. The Morgan fingerprint density at radius 1 is 1.50 bits per heavy atom. The monoisotopic (exact) mass is 198 g/mol. The summed E-state index contributed by atoms with van der Waals surface area (Å²) in [5.41, 5.74) is 4.79. The number of nitrogens with two attached hydrogens (primary N) is 1. The van der Waals surface area contributed by atoms with Crippen LogP contribution in [-0.4, -0.2) is 28.9 Å². The summed E-state index contributed by atoms with van der Waals surface area (Å²) in [6.07, 6.45) is 4.15. The molecule has 0 heterocycles. The molecule has 1 atom stereocenters. The first-order valence-corrected chi connectivity index (χ1v) is 3.71. The quantitative estimate of drug-likeness (QED) is 0.465. The highest BCUT2D eigenvalue weighted by Gasteiger charge is 2.21. The molecule has 6 heteroatoms. The topological polar surface area (TPSA) is 109 Å². The number of rotatable bonds is 5. The standard InChI is InChI=1S/C8H10N2O4/c1-2-3-7(12)10-5(8(13)14)4-6(9)11/h1,5H,3-4H2,(H2,9,11)(H,10,12)(H,13,14)/t5-/m0/s1. The van der Waals surface area contributed by atoms with Gasteiger partial charge in [-0.25, -0.2) is 4.79 Å². The fraction of sp³-hybridized carbons (Fsp3) is 0.375. The van der Waals surface area contributed by atoms with Gasteiger partial charge >= 0.3 is 5.97 Å². The van der Waals surface area contributed by atoms with Crippen molar-refractivity contribution in [1.82, 2.24) is 5.32 Å². The minimum Gasteiger partial charge on any atom is -0.480 e. The molecule has 0 aromatic rings. The fourth-order valence-electron chi connectivity index (χ4n) is 0.739. The molecule has 0 aliphatic heterocycles. The predicted molar refractivity (Wildman–Crippen MR) is 46.8 cm³/mol. The maximum absolute atomic E-state index is 10.9. The second kappa shape index (κ2) is 5.59. The second-order valence-corrected chi connectivity index (χ2v) is 2.51. The molecule has 0 unspecified atom stereocenters. The van der Waals surface area contributed by atoms with Crippen molar-refractivity contribution in [3.05, 3.63) is 0 Å². The Labute approximate surface area is 80.5 Å². The lowest BCUT2D eigenvalue weighted by Gasteiger charge is -2.11. The third-order valence-electron chi connectivity index (χ3n) is 1.30. The Balaban J connectivity index is 4.24. The van der Waals surface area contributed by atoms with Crippen LogP contribution in [0.15, 0.2) is 0 Å². The van der Waals surface area contributed by atoms with Crippen LogP contribution in [0.25, 0.3) is 0 Å². The highest BCUT2D eigenvalue weighted by Crippen LogP contribution is 1.92. The number of carboxylic acid groups (broad SMARTS) is 1. The van der Waals surface area contributed by atoms with Gasteiger partial charge in [-0.15, -0.1) is 6.42 Å². The van der Waals surface area contributed by atoms with E-state index >= 15 is 0 Å². The van der Waals surface area contributed by atoms with Crippen molar-refractivity contribution in [3.8, 4) is 12.3 Å². The summed E-state index contributed by atoms with van der Waals surface area (Å²) in [5, 5.41) is 10.6. The Bertz CT molecular complexity index is 292. The van der Waals surface area contributed by atoms with E-state index in [1.165, 1.54) is 0 Å². The Morgan fingerprint density at radius 3 is 2.43 bits per heavy atom. The molecule has 76 valence electrons. The number of carboxylic acids is 1. The lowest BCUT2D eigenvalue weighted by atomic mass is 10.2. The SMILES string of the molecule is C#CCC(=O)N[C@@H](CC(N)=O)C(=O)O. The van der Waals surface area contributed by atoms with Crippen LogP contribution >= 0.6 is 0 Å². The average Bonchev–Trinajstić information content (AvgIpc) is 2.02. The average molecular weight is 198 g/mol. The van der Waals surface area contributed by atoms with E-state index in [1.54, 1.807) is 0 Å². The Kier molecular flexibility index (Phi) is 4.78. The Morgan fingerprint density at radius 2 is 2.07 bits per heavy atom. The van der Waals surface area contributed by atoms with Crippen LogP contribution in [0.2, 0.25) is 0 Å². The van der Waals surface area contributed by atoms with E-state index < -0.39 is 30.2 Å². The van der Waals surface area contributed by atoms with E-state index in [0.717, 1.165) is 0 Å². The van der Waals surface area contributed by atoms with Gasteiger partial charge in [0, 0.05) is 0 Å². The molecule has 0 saturated heterocycles. The van der Waals surface area contributed by atoms with Crippen molar-refractivity contribution in [1.29, 1.82) is 0 Å². The highest BCUT2D eigenvalue weighted by molar-refractivity contribution is 5.88. The van der Waals surface area contributed by atoms with Gasteiger partial charge in [-0.2, -0.15) is 0 Å². The maximum Gasteiger partial charge on any atom is 0.326 e. The van der Waals surface area contributed by atoms with Crippen molar-refractivity contribution < 1.29 is 19.5 Å². The highest BCUT2D eigenvalue weighted by atomic mass is 16.4. The van der Waals surface area contributed by atoms with Gasteiger partial charge < -0.3 is 16.2 Å². The van der Waals surface area contributed by atoms with E-state index in [9.17, 15) is 14.4 Å². The molecule has 0 saturated carbocycles. The van der Waals surface area contributed by atoms with Crippen molar-refractivity contribution >= 4 is 17.8 Å². The zero-order valence-corrected chi connectivity index (χ0v) is 7.32. The zero-order valence-electron chi connectivity index (χ0n) is 7.32. The van der Waals surface area contributed by atoms with E-state index in [1.807, 2.05) is 5.92 Å². The van der Waals surface area contributed by atoms with Crippen LogP contribution in [0, 0.1) is 12.3 Å². The molecule has 0 spiro atoms. The normalized spacial score (nSPS) is 11.1. The van der Waals surface area contributed by atoms with Gasteiger partial charge in [0.25, 0.3) is 0 Å². The van der Waals surface area contributed by atoms with Crippen LogP contribution in [0.4, 0.5) is 0 Å². The lowest BCUT2D eigenvalue weighted by Crippen LogP contribution is -2.43. The van der Waals surface area contributed by atoms with Crippen molar-refractivity contribution in [2.75, 3.05) is 0 Å². The van der Waals surface area contributed by atoms with Crippen molar-refractivity contribution in [3.63, 3.8) is 0 Å². The smallest absolute Gasteiger partial charge is 0.326 e. The lowest BCUT2D eigenvalue weighted by molar-refractivity contribution is -0.143. The molecular formula is C8H10N2O4. The third kappa shape index (κ3) is 4.77. The van der Waals surface area contributed by atoms with Crippen LogP contribution in [0.5, 0.6) is 0 Å². The van der Waals surface area contributed by atoms with Gasteiger partial charge in [0.2, 0.25) is 11.8 Å². The second-order valence-electron chi connectivity index (χ2n) is 2.51.